The Balaban J connectivity index is 2.24. The third-order valence-corrected chi connectivity index (χ3v) is 3.29. The van der Waals surface area contributed by atoms with Crippen LogP contribution >= 0.6 is 11.6 Å². The molecule has 0 aliphatic heterocycles. The van der Waals surface area contributed by atoms with Crippen LogP contribution in [0.2, 0.25) is 5.02 Å². The molecule has 0 atom stereocenters. The highest BCUT2D eigenvalue weighted by Crippen LogP contribution is 2.32. The first-order valence-electron chi connectivity index (χ1n) is 5.86. The lowest BCUT2D eigenvalue weighted by molar-refractivity contribution is 0.568. The van der Waals surface area contributed by atoms with Gasteiger partial charge < -0.3 is 10.2 Å². The van der Waals surface area contributed by atoms with Crippen LogP contribution in [0.1, 0.15) is 5.56 Å². The highest BCUT2D eigenvalue weighted by Gasteiger charge is 2.12. The number of furan rings is 1. The highest BCUT2D eigenvalue weighted by molar-refractivity contribution is 6.30. The van der Waals surface area contributed by atoms with Crippen LogP contribution in [0.4, 0.5) is 4.39 Å². The number of benzene rings is 2. The van der Waals surface area contributed by atoms with Crippen LogP contribution < -0.4 is 5.73 Å². The molecule has 0 bridgehead atoms. The summed E-state index contributed by atoms with van der Waals surface area (Å²) < 4.78 is 19.2. The molecular weight excluding hydrogens is 265 g/mol. The lowest BCUT2D eigenvalue weighted by Crippen LogP contribution is -1.98. The average Bonchev–Trinajstić information content (AvgIpc) is 2.84. The van der Waals surface area contributed by atoms with Gasteiger partial charge in [-0.25, -0.2) is 4.39 Å². The van der Waals surface area contributed by atoms with E-state index in [1.165, 1.54) is 6.07 Å². The van der Waals surface area contributed by atoms with Crippen molar-refractivity contribution >= 4 is 22.6 Å². The third kappa shape index (κ3) is 2.11. The van der Waals surface area contributed by atoms with Crippen molar-refractivity contribution in [3.63, 3.8) is 0 Å². The lowest BCUT2D eigenvalue weighted by Gasteiger charge is -2.05. The summed E-state index contributed by atoms with van der Waals surface area (Å²) in [6.45, 7) is 0.367. The van der Waals surface area contributed by atoms with Crippen molar-refractivity contribution in [1.82, 2.24) is 0 Å². The van der Waals surface area contributed by atoms with Gasteiger partial charge in [0, 0.05) is 22.5 Å². The predicted molar refractivity (Wildman–Crippen MR) is 74.5 cm³/mol. The maximum atomic E-state index is 13.6. The molecule has 3 rings (SSSR count). The zero-order valence-corrected chi connectivity index (χ0v) is 10.7. The summed E-state index contributed by atoms with van der Waals surface area (Å²) >= 11 is 6.00. The number of halogens is 2. The maximum absolute atomic E-state index is 13.6. The van der Waals surface area contributed by atoms with Crippen molar-refractivity contribution in [3.05, 3.63) is 58.9 Å². The number of hydrogen-bond acceptors (Lipinski definition) is 2. The first kappa shape index (κ1) is 12.2. The van der Waals surface area contributed by atoms with E-state index in [-0.39, 0.29) is 11.4 Å². The molecule has 96 valence electrons. The van der Waals surface area contributed by atoms with Gasteiger partial charge in [0.25, 0.3) is 0 Å². The van der Waals surface area contributed by atoms with Gasteiger partial charge in [-0.2, -0.15) is 0 Å². The number of hydrogen-bond donors (Lipinski definition) is 1. The Bertz CT molecular complexity index is 751. The quantitative estimate of drug-likeness (QED) is 0.755. The average molecular weight is 276 g/mol. The van der Waals surface area contributed by atoms with Crippen LogP contribution in [-0.4, -0.2) is 0 Å². The zero-order valence-electron chi connectivity index (χ0n) is 9.99. The number of fused-ring (bicyclic) bond motifs is 1. The molecular formula is C15H11ClFNO. The summed E-state index contributed by atoms with van der Waals surface area (Å²) in [6.07, 6.45) is 0. The van der Waals surface area contributed by atoms with Crippen molar-refractivity contribution in [2.24, 2.45) is 5.73 Å². The molecule has 0 spiro atoms. The summed E-state index contributed by atoms with van der Waals surface area (Å²) in [5.41, 5.74) is 7.66. The van der Waals surface area contributed by atoms with Gasteiger partial charge in [0.05, 0.1) is 0 Å². The van der Waals surface area contributed by atoms with E-state index in [1.54, 1.807) is 30.3 Å². The minimum Gasteiger partial charge on any atom is -0.453 e. The Kier molecular flexibility index (Phi) is 3.01. The topological polar surface area (TPSA) is 39.2 Å². The first-order chi connectivity index (χ1) is 9.19. The maximum Gasteiger partial charge on any atom is 0.170 e. The van der Waals surface area contributed by atoms with Gasteiger partial charge in [0.15, 0.2) is 11.4 Å². The van der Waals surface area contributed by atoms with E-state index < -0.39 is 0 Å². The van der Waals surface area contributed by atoms with Gasteiger partial charge in [-0.3, -0.25) is 0 Å². The molecule has 2 nitrogen and oxygen atoms in total. The second-order valence-electron chi connectivity index (χ2n) is 4.27. The van der Waals surface area contributed by atoms with Crippen molar-refractivity contribution in [3.8, 4) is 11.3 Å². The Morgan fingerprint density at radius 2 is 2.00 bits per heavy atom. The molecule has 0 fully saturated rings. The Morgan fingerprint density at radius 1 is 1.16 bits per heavy atom. The molecule has 1 aromatic heterocycles. The van der Waals surface area contributed by atoms with Gasteiger partial charge >= 0.3 is 0 Å². The van der Waals surface area contributed by atoms with Crippen LogP contribution in [0, 0.1) is 5.82 Å². The van der Waals surface area contributed by atoms with Gasteiger partial charge in [0.1, 0.15) is 5.76 Å². The normalized spacial score (nSPS) is 11.1. The second kappa shape index (κ2) is 4.68. The summed E-state index contributed by atoms with van der Waals surface area (Å²) in [6, 6.07) is 12.0. The minimum absolute atomic E-state index is 0.250. The Morgan fingerprint density at radius 3 is 2.74 bits per heavy atom. The van der Waals surface area contributed by atoms with Crippen LogP contribution in [0.15, 0.2) is 46.9 Å². The van der Waals surface area contributed by atoms with Crippen molar-refractivity contribution in [2.45, 2.75) is 6.54 Å². The molecule has 0 radical (unpaired) electrons. The third-order valence-electron chi connectivity index (χ3n) is 3.05. The molecule has 4 heteroatoms. The molecule has 2 aromatic carbocycles. The lowest BCUT2D eigenvalue weighted by atomic mass is 10.1. The fraction of sp³-hybridized carbons (Fsp3) is 0.0667. The molecule has 0 amide bonds. The van der Waals surface area contributed by atoms with Crippen molar-refractivity contribution in [2.75, 3.05) is 0 Å². The minimum atomic E-state index is -0.375. The summed E-state index contributed by atoms with van der Waals surface area (Å²) in [7, 11) is 0. The van der Waals surface area contributed by atoms with Gasteiger partial charge in [0.2, 0.25) is 0 Å². The van der Waals surface area contributed by atoms with E-state index in [9.17, 15) is 4.39 Å². The van der Waals surface area contributed by atoms with Gasteiger partial charge in [-0.1, -0.05) is 29.8 Å². The van der Waals surface area contributed by atoms with E-state index >= 15 is 0 Å². The van der Waals surface area contributed by atoms with Crippen LogP contribution in [0.25, 0.3) is 22.3 Å². The number of para-hydroxylation sites is 1. The molecule has 0 aliphatic rings. The molecule has 0 unspecified atom stereocenters. The first-order valence-corrected chi connectivity index (χ1v) is 6.24. The SMILES string of the molecule is NCc1ccc(Cl)cc1-c1cc2cccc(F)c2o1. The molecule has 1 heterocycles. The summed E-state index contributed by atoms with van der Waals surface area (Å²) in [5, 5.41) is 1.31. The monoisotopic (exact) mass is 275 g/mol. The fourth-order valence-electron chi connectivity index (χ4n) is 2.12. The predicted octanol–water partition coefficient (Wildman–Crippen LogP) is 4.35. The summed E-state index contributed by atoms with van der Waals surface area (Å²) in [4.78, 5) is 0. The second-order valence-corrected chi connectivity index (χ2v) is 4.71. The fourth-order valence-corrected chi connectivity index (χ4v) is 2.29. The smallest absolute Gasteiger partial charge is 0.170 e. The highest BCUT2D eigenvalue weighted by atomic mass is 35.5. The van der Waals surface area contributed by atoms with E-state index in [0.717, 1.165) is 16.5 Å². The molecule has 0 saturated carbocycles. The molecule has 0 aliphatic carbocycles. The standard InChI is InChI=1S/C15H11ClFNO/c16-11-5-4-10(8-18)12(7-11)14-6-9-2-1-3-13(17)15(9)19-14/h1-7H,8,18H2. The largest absolute Gasteiger partial charge is 0.453 e. The van der Waals surface area contributed by atoms with E-state index in [4.69, 9.17) is 21.8 Å². The Hall–Kier alpha value is -1.84. The molecule has 19 heavy (non-hydrogen) atoms. The van der Waals surface area contributed by atoms with Crippen LogP contribution in [0.3, 0.4) is 0 Å². The number of rotatable bonds is 2. The van der Waals surface area contributed by atoms with E-state index in [2.05, 4.69) is 0 Å². The van der Waals surface area contributed by atoms with Crippen LogP contribution in [-0.2, 0) is 6.54 Å². The molecule has 0 saturated heterocycles. The Labute approximate surface area is 114 Å². The zero-order chi connectivity index (χ0) is 13.4. The molecule has 2 N–H and O–H groups in total. The van der Waals surface area contributed by atoms with E-state index in [0.29, 0.717) is 17.3 Å². The van der Waals surface area contributed by atoms with Gasteiger partial charge in [-0.15, -0.1) is 0 Å². The van der Waals surface area contributed by atoms with E-state index in [1.807, 2.05) is 6.07 Å². The number of nitrogens with two attached hydrogens (primary N) is 1. The van der Waals surface area contributed by atoms with Crippen molar-refractivity contribution < 1.29 is 8.81 Å². The molecule has 3 aromatic rings. The van der Waals surface area contributed by atoms with Crippen LogP contribution in [0.5, 0.6) is 0 Å². The summed E-state index contributed by atoms with van der Waals surface area (Å²) in [5.74, 6) is 0.197. The van der Waals surface area contributed by atoms with Crippen molar-refractivity contribution in [1.29, 1.82) is 0 Å². The van der Waals surface area contributed by atoms with Gasteiger partial charge in [-0.05, 0) is 29.8 Å².